The van der Waals surface area contributed by atoms with Crippen LogP contribution < -0.4 is 5.32 Å². The molecule has 1 N–H and O–H groups in total. The van der Waals surface area contributed by atoms with Crippen LogP contribution in [0, 0.1) is 17.3 Å². The second-order valence-electron chi connectivity index (χ2n) is 6.68. The Morgan fingerprint density at radius 2 is 1.83 bits per heavy atom. The normalized spacial score (nSPS) is 26.7. The summed E-state index contributed by atoms with van der Waals surface area (Å²) in [5.74, 6) is 1.30. The third kappa shape index (κ3) is 4.56. The molecule has 1 saturated carbocycles. The van der Waals surface area contributed by atoms with Crippen molar-refractivity contribution in [3.63, 3.8) is 0 Å². The largest absolute Gasteiger partial charge is 0.352 e. The van der Waals surface area contributed by atoms with Gasteiger partial charge in [0.15, 0.2) is 0 Å². The number of hydrogen-bond donors (Lipinski definition) is 1. The van der Waals surface area contributed by atoms with Crippen LogP contribution in [0.3, 0.4) is 0 Å². The standard InChI is InChI=1S/C15H28BrNO/c1-5-13(10-16)17-14(18)11-6-8-12(9-7-11)15(2,3)4/h11-13H,5-10H2,1-4H3,(H,17,18). The second-order valence-corrected chi connectivity index (χ2v) is 7.33. The number of amides is 1. The van der Waals surface area contributed by atoms with Crippen LogP contribution in [-0.2, 0) is 4.79 Å². The first-order chi connectivity index (χ1) is 8.38. The van der Waals surface area contributed by atoms with Crippen molar-refractivity contribution in [2.75, 3.05) is 5.33 Å². The molecule has 0 aliphatic heterocycles. The van der Waals surface area contributed by atoms with Crippen molar-refractivity contribution in [3.8, 4) is 0 Å². The molecule has 1 fully saturated rings. The molecule has 0 bridgehead atoms. The summed E-state index contributed by atoms with van der Waals surface area (Å²) in [5.41, 5.74) is 0.392. The molecule has 106 valence electrons. The van der Waals surface area contributed by atoms with E-state index in [2.05, 4.69) is 48.9 Å². The molecule has 1 aliphatic carbocycles. The SMILES string of the molecule is CCC(CBr)NC(=O)C1CCC(C(C)(C)C)CC1. The van der Waals surface area contributed by atoms with Crippen molar-refractivity contribution < 1.29 is 4.79 Å². The summed E-state index contributed by atoms with van der Waals surface area (Å²) < 4.78 is 0. The van der Waals surface area contributed by atoms with Crippen molar-refractivity contribution in [3.05, 3.63) is 0 Å². The lowest BCUT2D eigenvalue weighted by atomic mass is 9.69. The van der Waals surface area contributed by atoms with Crippen LogP contribution in [0.5, 0.6) is 0 Å². The van der Waals surface area contributed by atoms with Crippen LogP contribution in [-0.4, -0.2) is 17.3 Å². The van der Waals surface area contributed by atoms with Gasteiger partial charge in [-0.05, 0) is 43.4 Å². The molecule has 0 heterocycles. The lowest BCUT2D eigenvalue weighted by molar-refractivity contribution is -0.127. The van der Waals surface area contributed by atoms with E-state index in [9.17, 15) is 4.79 Å². The van der Waals surface area contributed by atoms with Crippen LogP contribution in [0.2, 0.25) is 0 Å². The van der Waals surface area contributed by atoms with Crippen molar-refractivity contribution in [1.82, 2.24) is 5.32 Å². The molecule has 1 amide bonds. The van der Waals surface area contributed by atoms with Crippen LogP contribution in [0.1, 0.15) is 59.8 Å². The highest BCUT2D eigenvalue weighted by atomic mass is 79.9. The van der Waals surface area contributed by atoms with Gasteiger partial charge >= 0.3 is 0 Å². The van der Waals surface area contributed by atoms with Gasteiger partial charge in [0, 0.05) is 17.3 Å². The zero-order chi connectivity index (χ0) is 13.8. The number of nitrogens with one attached hydrogen (secondary N) is 1. The molecule has 0 aromatic rings. The topological polar surface area (TPSA) is 29.1 Å². The fourth-order valence-corrected chi connectivity index (χ4v) is 3.41. The highest BCUT2D eigenvalue weighted by Gasteiger charge is 2.32. The Balaban J connectivity index is 2.41. The highest BCUT2D eigenvalue weighted by molar-refractivity contribution is 9.09. The number of rotatable bonds is 4. The monoisotopic (exact) mass is 317 g/mol. The molecular weight excluding hydrogens is 290 g/mol. The summed E-state index contributed by atoms with van der Waals surface area (Å²) in [6.07, 6.45) is 5.52. The number of alkyl halides is 1. The van der Waals surface area contributed by atoms with Gasteiger partial charge in [-0.1, -0.05) is 43.6 Å². The van der Waals surface area contributed by atoms with Crippen LogP contribution in [0.15, 0.2) is 0 Å². The van der Waals surface area contributed by atoms with E-state index >= 15 is 0 Å². The van der Waals surface area contributed by atoms with Gasteiger partial charge in [-0.15, -0.1) is 0 Å². The number of hydrogen-bond acceptors (Lipinski definition) is 1. The van der Waals surface area contributed by atoms with E-state index in [1.165, 1.54) is 12.8 Å². The molecule has 0 aromatic heterocycles. The summed E-state index contributed by atoms with van der Waals surface area (Å²) in [4.78, 5) is 12.2. The molecule has 0 spiro atoms. The molecule has 1 unspecified atom stereocenters. The van der Waals surface area contributed by atoms with E-state index in [1.807, 2.05) is 0 Å². The van der Waals surface area contributed by atoms with E-state index in [0.717, 1.165) is 30.5 Å². The molecule has 0 saturated heterocycles. The average Bonchev–Trinajstić information content (AvgIpc) is 2.34. The first kappa shape index (κ1) is 16.0. The van der Waals surface area contributed by atoms with Crippen LogP contribution in [0.4, 0.5) is 0 Å². The number of carbonyl (C=O) groups excluding carboxylic acids is 1. The number of halogens is 1. The lowest BCUT2D eigenvalue weighted by Gasteiger charge is -2.36. The quantitative estimate of drug-likeness (QED) is 0.776. The Labute approximate surface area is 120 Å². The fourth-order valence-electron chi connectivity index (χ4n) is 2.79. The average molecular weight is 318 g/mol. The maximum atomic E-state index is 12.2. The Kier molecular flexibility index (Phi) is 6.16. The van der Waals surface area contributed by atoms with Gasteiger partial charge < -0.3 is 5.32 Å². The number of carbonyl (C=O) groups is 1. The Morgan fingerprint density at radius 3 is 2.22 bits per heavy atom. The minimum absolute atomic E-state index is 0.247. The first-order valence-electron chi connectivity index (χ1n) is 7.24. The molecule has 0 radical (unpaired) electrons. The second kappa shape index (κ2) is 6.93. The van der Waals surface area contributed by atoms with E-state index < -0.39 is 0 Å². The van der Waals surface area contributed by atoms with E-state index in [4.69, 9.17) is 0 Å². The fraction of sp³-hybridized carbons (Fsp3) is 0.933. The third-order valence-corrected chi connectivity index (χ3v) is 5.13. The first-order valence-corrected chi connectivity index (χ1v) is 8.37. The maximum absolute atomic E-state index is 12.2. The molecule has 3 heteroatoms. The highest BCUT2D eigenvalue weighted by Crippen LogP contribution is 2.39. The molecule has 2 nitrogen and oxygen atoms in total. The van der Waals surface area contributed by atoms with Crippen LogP contribution >= 0.6 is 15.9 Å². The minimum Gasteiger partial charge on any atom is -0.352 e. The third-order valence-electron chi connectivity index (χ3n) is 4.35. The Bertz CT molecular complexity index is 260. The Morgan fingerprint density at radius 1 is 1.28 bits per heavy atom. The molecular formula is C15H28BrNO. The summed E-state index contributed by atoms with van der Waals surface area (Å²) in [6.45, 7) is 9.06. The summed E-state index contributed by atoms with van der Waals surface area (Å²) in [6, 6.07) is 0.290. The van der Waals surface area contributed by atoms with Crippen molar-refractivity contribution in [2.24, 2.45) is 17.3 Å². The van der Waals surface area contributed by atoms with E-state index in [-0.39, 0.29) is 17.9 Å². The van der Waals surface area contributed by atoms with Gasteiger partial charge in [-0.3, -0.25) is 4.79 Å². The predicted molar refractivity (Wildman–Crippen MR) is 80.9 cm³/mol. The Hall–Kier alpha value is -0.0500. The van der Waals surface area contributed by atoms with Crippen molar-refractivity contribution >= 4 is 21.8 Å². The van der Waals surface area contributed by atoms with Gasteiger partial charge in [-0.25, -0.2) is 0 Å². The lowest BCUT2D eigenvalue weighted by Crippen LogP contribution is -2.41. The van der Waals surface area contributed by atoms with Gasteiger partial charge in [-0.2, -0.15) is 0 Å². The maximum Gasteiger partial charge on any atom is 0.223 e. The zero-order valence-electron chi connectivity index (χ0n) is 12.3. The smallest absolute Gasteiger partial charge is 0.223 e. The molecule has 1 atom stereocenters. The minimum atomic E-state index is 0.247. The van der Waals surface area contributed by atoms with E-state index in [1.54, 1.807) is 0 Å². The van der Waals surface area contributed by atoms with Gasteiger partial charge in [0.1, 0.15) is 0 Å². The molecule has 1 rings (SSSR count). The molecule has 1 aliphatic rings. The van der Waals surface area contributed by atoms with Crippen molar-refractivity contribution in [2.45, 2.75) is 65.8 Å². The van der Waals surface area contributed by atoms with Gasteiger partial charge in [0.25, 0.3) is 0 Å². The zero-order valence-corrected chi connectivity index (χ0v) is 13.8. The molecule has 18 heavy (non-hydrogen) atoms. The molecule has 0 aromatic carbocycles. The van der Waals surface area contributed by atoms with Gasteiger partial charge in [0.2, 0.25) is 5.91 Å². The van der Waals surface area contributed by atoms with Gasteiger partial charge in [0.05, 0.1) is 0 Å². The van der Waals surface area contributed by atoms with E-state index in [0.29, 0.717) is 5.41 Å². The summed E-state index contributed by atoms with van der Waals surface area (Å²) >= 11 is 3.45. The predicted octanol–water partition coefficient (Wildman–Crippen LogP) is 4.13. The summed E-state index contributed by atoms with van der Waals surface area (Å²) in [5, 5.41) is 4.01. The van der Waals surface area contributed by atoms with Crippen molar-refractivity contribution in [1.29, 1.82) is 0 Å². The summed E-state index contributed by atoms with van der Waals surface area (Å²) in [7, 11) is 0. The van der Waals surface area contributed by atoms with Crippen LogP contribution in [0.25, 0.3) is 0 Å².